The molecule has 1 fully saturated rings. The van der Waals surface area contributed by atoms with Crippen molar-refractivity contribution in [1.82, 2.24) is 14.5 Å². The number of pyridine rings is 1. The van der Waals surface area contributed by atoms with Gasteiger partial charge in [0.2, 0.25) is 0 Å². The maximum atomic E-state index is 4.45. The van der Waals surface area contributed by atoms with Gasteiger partial charge in [0.05, 0.1) is 5.52 Å². The maximum absolute atomic E-state index is 4.45. The molecule has 0 aliphatic carbocycles. The van der Waals surface area contributed by atoms with Crippen LogP contribution in [0.1, 0.15) is 12.7 Å². The topological polar surface area (TPSA) is 34.0 Å². The first-order chi connectivity index (χ1) is 10.8. The van der Waals surface area contributed by atoms with E-state index in [0.29, 0.717) is 5.92 Å². The van der Waals surface area contributed by atoms with E-state index >= 15 is 0 Å². The smallest absolute Gasteiger partial charge is 0.108 e. The van der Waals surface area contributed by atoms with Crippen LogP contribution in [0.25, 0.3) is 10.9 Å². The van der Waals surface area contributed by atoms with Gasteiger partial charge in [0.1, 0.15) is 5.82 Å². The Bertz CT molecular complexity index is 781. The molecule has 1 saturated heterocycles. The molecular formula is C18H20N4. The summed E-state index contributed by atoms with van der Waals surface area (Å²) in [6.07, 6.45) is 6.92. The average Bonchev–Trinajstić information content (AvgIpc) is 2.97. The monoisotopic (exact) mass is 292 g/mol. The fraction of sp³-hybridized carbons (Fsp3) is 0.333. The lowest BCUT2D eigenvalue weighted by molar-refractivity contribution is 0.354. The van der Waals surface area contributed by atoms with E-state index in [4.69, 9.17) is 0 Å². The Balaban J connectivity index is 1.49. The number of nitrogens with zero attached hydrogens (tertiary/aromatic N) is 4. The lowest BCUT2D eigenvalue weighted by Crippen LogP contribution is -2.48. The molecule has 2 aromatic heterocycles. The average molecular weight is 292 g/mol. The summed E-state index contributed by atoms with van der Waals surface area (Å²) < 4.78 is 2.30. The van der Waals surface area contributed by atoms with Crippen molar-refractivity contribution in [3.05, 3.63) is 54.7 Å². The van der Waals surface area contributed by atoms with Gasteiger partial charge in [-0.05, 0) is 12.1 Å². The number of hydrogen-bond donors (Lipinski definition) is 0. The number of rotatable bonds is 4. The highest BCUT2D eigenvalue weighted by molar-refractivity contribution is 5.91. The summed E-state index contributed by atoms with van der Waals surface area (Å²) in [5.41, 5.74) is 2.38. The summed E-state index contributed by atoms with van der Waals surface area (Å²) in [5.74, 6) is 1.89. The third-order valence-electron chi connectivity index (χ3n) is 4.50. The largest absolute Gasteiger partial charge is 0.370 e. The summed E-state index contributed by atoms with van der Waals surface area (Å²) >= 11 is 0. The molecule has 4 heteroatoms. The number of para-hydroxylation sites is 1. The van der Waals surface area contributed by atoms with Crippen LogP contribution in [0.4, 0.5) is 5.69 Å². The van der Waals surface area contributed by atoms with Crippen LogP contribution in [0.2, 0.25) is 0 Å². The maximum Gasteiger partial charge on any atom is 0.108 e. The molecule has 0 radical (unpaired) electrons. The molecule has 3 aromatic rings. The Kier molecular flexibility index (Phi) is 3.29. The zero-order chi connectivity index (χ0) is 14.9. The molecule has 0 saturated carbocycles. The minimum atomic E-state index is 0.700. The molecule has 0 amide bonds. The van der Waals surface area contributed by atoms with E-state index in [1.54, 1.807) is 0 Å². The van der Waals surface area contributed by atoms with Gasteiger partial charge in [0.25, 0.3) is 0 Å². The van der Waals surface area contributed by atoms with Gasteiger partial charge in [-0.1, -0.05) is 25.1 Å². The first kappa shape index (κ1) is 13.3. The first-order valence-corrected chi connectivity index (χ1v) is 7.94. The van der Waals surface area contributed by atoms with Gasteiger partial charge in [-0.2, -0.15) is 0 Å². The van der Waals surface area contributed by atoms with E-state index in [2.05, 4.69) is 56.8 Å². The minimum absolute atomic E-state index is 0.700. The summed E-state index contributed by atoms with van der Waals surface area (Å²) in [4.78, 5) is 11.3. The van der Waals surface area contributed by atoms with Crippen LogP contribution < -0.4 is 4.90 Å². The lowest BCUT2D eigenvalue weighted by atomic mass is 9.98. The molecule has 3 heterocycles. The highest BCUT2D eigenvalue weighted by Gasteiger charge is 2.28. The Morgan fingerprint density at radius 1 is 1.09 bits per heavy atom. The molecule has 0 N–H and O–H groups in total. The van der Waals surface area contributed by atoms with E-state index in [-0.39, 0.29) is 0 Å². The summed E-state index contributed by atoms with van der Waals surface area (Å²) in [5, 5.41) is 1.25. The van der Waals surface area contributed by atoms with Crippen molar-refractivity contribution in [3.8, 4) is 0 Å². The van der Waals surface area contributed by atoms with Crippen LogP contribution >= 0.6 is 0 Å². The third kappa shape index (κ3) is 2.25. The van der Waals surface area contributed by atoms with Crippen LogP contribution in [-0.2, 0) is 13.0 Å². The third-order valence-corrected chi connectivity index (χ3v) is 4.50. The summed E-state index contributed by atoms with van der Waals surface area (Å²) in [7, 11) is 0. The van der Waals surface area contributed by atoms with Crippen molar-refractivity contribution >= 4 is 16.6 Å². The Hall–Kier alpha value is -2.36. The fourth-order valence-corrected chi connectivity index (χ4v) is 3.34. The minimum Gasteiger partial charge on any atom is -0.370 e. The Morgan fingerprint density at radius 3 is 2.82 bits per heavy atom. The number of benzene rings is 1. The van der Waals surface area contributed by atoms with Crippen molar-refractivity contribution < 1.29 is 0 Å². The predicted octanol–water partition coefficient (Wildman–Crippen LogP) is 3.13. The molecule has 0 bridgehead atoms. The van der Waals surface area contributed by atoms with Crippen LogP contribution in [0.5, 0.6) is 0 Å². The Labute approximate surface area is 130 Å². The Morgan fingerprint density at radius 2 is 1.95 bits per heavy atom. The fourth-order valence-electron chi connectivity index (χ4n) is 3.34. The molecule has 1 aromatic carbocycles. The van der Waals surface area contributed by atoms with Gasteiger partial charge >= 0.3 is 0 Å². The van der Waals surface area contributed by atoms with Crippen LogP contribution in [-0.4, -0.2) is 27.6 Å². The standard InChI is InChI=1S/C18H20N4/c1-2-18-20-9-10-21(18)11-14-12-22(13-14)17-7-8-19-16-6-4-3-5-15(16)17/h3-10,14H,2,11-13H2,1H3. The van der Waals surface area contributed by atoms with Crippen molar-refractivity contribution in [2.24, 2.45) is 5.92 Å². The van der Waals surface area contributed by atoms with E-state index in [9.17, 15) is 0 Å². The normalized spacial score (nSPS) is 15.2. The van der Waals surface area contributed by atoms with Gasteiger partial charge < -0.3 is 9.47 Å². The summed E-state index contributed by atoms with van der Waals surface area (Å²) in [6.45, 7) is 5.45. The first-order valence-electron chi connectivity index (χ1n) is 7.94. The SMILES string of the molecule is CCc1nccn1CC1CN(c2ccnc3ccccc23)C1. The van der Waals surface area contributed by atoms with Crippen LogP contribution in [0.15, 0.2) is 48.9 Å². The van der Waals surface area contributed by atoms with E-state index in [1.165, 1.54) is 16.9 Å². The molecule has 112 valence electrons. The lowest BCUT2D eigenvalue weighted by Gasteiger charge is -2.41. The highest BCUT2D eigenvalue weighted by atomic mass is 15.2. The molecule has 0 atom stereocenters. The molecule has 4 nitrogen and oxygen atoms in total. The molecule has 4 rings (SSSR count). The van der Waals surface area contributed by atoms with Gasteiger partial charge in [0, 0.05) is 61.6 Å². The van der Waals surface area contributed by atoms with Crippen molar-refractivity contribution in [2.75, 3.05) is 18.0 Å². The number of hydrogen-bond acceptors (Lipinski definition) is 3. The molecule has 0 unspecified atom stereocenters. The number of anilines is 1. The van der Waals surface area contributed by atoms with Gasteiger partial charge in [0.15, 0.2) is 0 Å². The second-order valence-corrected chi connectivity index (χ2v) is 5.97. The quantitative estimate of drug-likeness (QED) is 0.741. The molecule has 22 heavy (non-hydrogen) atoms. The molecule has 1 aliphatic heterocycles. The zero-order valence-corrected chi connectivity index (χ0v) is 12.8. The van der Waals surface area contributed by atoms with Crippen molar-refractivity contribution in [2.45, 2.75) is 19.9 Å². The number of aryl methyl sites for hydroxylation is 1. The highest BCUT2D eigenvalue weighted by Crippen LogP contribution is 2.31. The van der Waals surface area contributed by atoms with E-state index in [1.807, 2.05) is 18.5 Å². The number of fused-ring (bicyclic) bond motifs is 1. The van der Waals surface area contributed by atoms with E-state index in [0.717, 1.165) is 31.6 Å². The van der Waals surface area contributed by atoms with Crippen molar-refractivity contribution in [1.29, 1.82) is 0 Å². The predicted molar refractivity (Wildman–Crippen MR) is 89.1 cm³/mol. The van der Waals surface area contributed by atoms with Gasteiger partial charge in [-0.15, -0.1) is 0 Å². The second kappa shape index (κ2) is 5.44. The molecule has 0 spiro atoms. The van der Waals surface area contributed by atoms with Gasteiger partial charge in [-0.3, -0.25) is 4.98 Å². The van der Waals surface area contributed by atoms with E-state index < -0.39 is 0 Å². The van der Waals surface area contributed by atoms with Crippen LogP contribution in [0, 0.1) is 5.92 Å². The van der Waals surface area contributed by atoms with Crippen LogP contribution in [0.3, 0.4) is 0 Å². The second-order valence-electron chi connectivity index (χ2n) is 5.97. The number of aromatic nitrogens is 3. The van der Waals surface area contributed by atoms with Crippen molar-refractivity contribution in [3.63, 3.8) is 0 Å². The summed E-state index contributed by atoms with van der Waals surface area (Å²) in [6, 6.07) is 10.5. The number of imidazole rings is 1. The van der Waals surface area contributed by atoms with Gasteiger partial charge in [-0.25, -0.2) is 4.98 Å². The molecular weight excluding hydrogens is 272 g/mol. The zero-order valence-electron chi connectivity index (χ0n) is 12.8. The molecule has 1 aliphatic rings.